The van der Waals surface area contributed by atoms with Gasteiger partial charge in [-0.1, -0.05) is 89.4 Å². The summed E-state index contributed by atoms with van der Waals surface area (Å²) in [6.07, 6.45) is 0.543. The van der Waals surface area contributed by atoms with Gasteiger partial charge in [0.25, 0.3) is 0 Å². The molecule has 0 bridgehead atoms. The van der Waals surface area contributed by atoms with E-state index in [4.69, 9.17) is 14.2 Å². The van der Waals surface area contributed by atoms with Crippen molar-refractivity contribution in [3.8, 4) is 0 Å². The number of methoxy groups -OCH3 is 1. The second-order valence-electron chi connectivity index (χ2n) is 13.9. The number of likely N-dealkylation sites (tertiary alicyclic amines) is 2. The van der Waals surface area contributed by atoms with Crippen LogP contribution in [0.1, 0.15) is 106 Å². The number of ether oxygens (including phenoxy) is 3. The number of carbonyl (C=O) groups excluding carboxylic acids is 2. The SMILES string of the molecule is C.C.CO[C@H]1C[C@H](c2ccccc2)N(C(=O)OC(C)(C)C)C[C@H]1C.C[C@@H]1CN(C(=O)OC(C)(C)C)[C@@H](c2ccccc2)C[C@@H]1O. The van der Waals surface area contributed by atoms with Crippen LogP contribution in [-0.4, -0.2) is 70.7 Å². The Morgan fingerprint density at radius 3 is 1.44 bits per heavy atom. The first-order valence-electron chi connectivity index (χ1n) is 15.4. The third-order valence-electron chi connectivity index (χ3n) is 7.86. The molecule has 2 aliphatic rings. The lowest BCUT2D eigenvalue weighted by atomic mass is 9.87. The first kappa shape index (κ1) is 39.9. The van der Waals surface area contributed by atoms with Gasteiger partial charge in [0.15, 0.2) is 0 Å². The second-order valence-corrected chi connectivity index (χ2v) is 13.9. The zero-order valence-electron chi connectivity index (χ0n) is 27.4. The number of amides is 2. The van der Waals surface area contributed by atoms with Crippen LogP contribution in [0.3, 0.4) is 0 Å². The lowest BCUT2D eigenvalue weighted by Gasteiger charge is -2.42. The molecular formula is C37H60N2O6. The Bertz CT molecular complexity index is 1160. The van der Waals surface area contributed by atoms with Crippen LogP contribution in [0.4, 0.5) is 9.59 Å². The van der Waals surface area contributed by atoms with Crippen LogP contribution in [0, 0.1) is 11.8 Å². The average Bonchev–Trinajstić information content (AvgIpc) is 2.93. The fourth-order valence-electron chi connectivity index (χ4n) is 5.64. The van der Waals surface area contributed by atoms with Gasteiger partial charge in [-0.3, -0.25) is 0 Å². The minimum Gasteiger partial charge on any atom is -0.444 e. The van der Waals surface area contributed by atoms with Crippen LogP contribution in [0.2, 0.25) is 0 Å². The van der Waals surface area contributed by atoms with Crippen molar-refractivity contribution in [3.63, 3.8) is 0 Å². The van der Waals surface area contributed by atoms with Gasteiger partial charge in [-0.15, -0.1) is 0 Å². The first-order valence-corrected chi connectivity index (χ1v) is 15.4. The Balaban J connectivity index is 0.000000431. The highest BCUT2D eigenvalue weighted by Gasteiger charge is 2.39. The molecule has 2 aromatic rings. The Kier molecular flexibility index (Phi) is 15.1. The van der Waals surface area contributed by atoms with E-state index in [1.807, 2.05) is 102 Å². The van der Waals surface area contributed by atoms with Crippen LogP contribution < -0.4 is 0 Å². The first-order chi connectivity index (χ1) is 20.1. The Labute approximate surface area is 273 Å². The van der Waals surface area contributed by atoms with E-state index in [0.717, 1.165) is 17.5 Å². The molecule has 2 saturated heterocycles. The van der Waals surface area contributed by atoms with E-state index in [0.29, 0.717) is 19.5 Å². The van der Waals surface area contributed by atoms with Crippen molar-refractivity contribution >= 4 is 12.2 Å². The van der Waals surface area contributed by atoms with Gasteiger partial charge in [0.2, 0.25) is 0 Å². The molecule has 2 aliphatic heterocycles. The van der Waals surface area contributed by atoms with E-state index < -0.39 is 17.3 Å². The molecule has 2 fully saturated rings. The van der Waals surface area contributed by atoms with Gasteiger partial charge in [0.1, 0.15) is 11.2 Å². The lowest BCUT2D eigenvalue weighted by Crippen LogP contribution is -2.49. The van der Waals surface area contributed by atoms with E-state index >= 15 is 0 Å². The van der Waals surface area contributed by atoms with Gasteiger partial charge in [-0.2, -0.15) is 0 Å². The van der Waals surface area contributed by atoms with Gasteiger partial charge in [-0.25, -0.2) is 9.59 Å². The molecule has 0 spiro atoms. The number of rotatable bonds is 3. The van der Waals surface area contributed by atoms with Gasteiger partial charge in [0, 0.05) is 26.1 Å². The topological polar surface area (TPSA) is 88.5 Å². The molecule has 2 amide bonds. The summed E-state index contributed by atoms with van der Waals surface area (Å²) in [5, 5.41) is 10.2. The molecule has 6 atom stereocenters. The van der Waals surface area contributed by atoms with Crippen molar-refractivity contribution in [3.05, 3.63) is 71.8 Å². The standard InChI is InChI=1S/C18H27NO3.C17H25NO3.2CH4/c1-13-12-19(17(20)22-18(2,3)4)15(11-16(13)21-5)14-9-7-6-8-10-14;1-12-11-18(16(20)21-17(2,3)4)14(10-15(12)19)13-8-6-5-7-9-13;;/h6-10,13,15-16H,11-12H2,1-5H3;5-9,12,14-15,19H,10-11H2,1-4H3;2*1H4/t13-,15-,16+;12-,14-,15+;;/m11../s1. The van der Waals surface area contributed by atoms with E-state index in [1.54, 1.807) is 12.0 Å². The normalized spacial score (nSPS) is 25.0. The summed E-state index contributed by atoms with van der Waals surface area (Å²) in [7, 11) is 1.74. The number of aliphatic hydroxyl groups is 1. The predicted octanol–water partition coefficient (Wildman–Crippen LogP) is 8.66. The number of aliphatic hydroxyl groups excluding tert-OH is 1. The molecule has 2 aromatic carbocycles. The fourth-order valence-corrected chi connectivity index (χ4v) is 5.64. The number of nitrogens with zero attached hydrogens (tertiary/aromatic N) is 2. The number of piperidine rings is 2. The number of hydrogen-bond donors (Lipinski definition) is 1. The van der Waals surface area contributed by atoms with Crippen molar-refractivity contribution in [2.24, 2.45) is 11.8 Å². The third-order valence-corrected chi connectivity index (χ3v) is 7.86. The van der Waals surface area contributed by atoms with Gasteiger partial charge < -0.3 is 29.1 Å². The maximum Gasteiger partial charge on any atom is 0.410 e. The maximum absolute atomic E-state index is 12.6. The highest BCUT2D eigenvalue weighted by molar-refractivity contribution is 5.69. The molecule has 254 valence electrons. The maximum atomic E-state index is 12.6. The Hall–Kier alpha value is -3.10. The zero-order chi connectivity index (χ0) is 31.9. The summed E-state index contributed by atoms with van der Waals surface area (Å²) < 4.78 is 16.7. The molecular weight excluding hydrogens is 568 g/mol. The van der Waals surface area contributed by atoms with Crippen molar-refractivity contribution in [1.29, 1.82) is 0 Å². The summed E-state index contributed by atoms with van der Waals surface area (Å²) in [6, 6.07) is 19.8. The predicted molar refractivity (Wildman–Crippen MR) is 182 cm³/mol. The van der Waals surface area contributed by atoms with Crippen LogP contribution in [0.25, 0.3) is 0 Å². The van der Waals surface area contributed by atoms with Crippen molar-refractivity contribution in [2.45, 2.75) is 119 Å². The fraction of sp³-hybridized carbons (Fsp3) is 0.622. The molecule has 0 aliphatic carbocycles. The van der Waals surface area contributed by atoms with E-state index in [-0.39, 0.29) is 57.1 Å². The molecule has 4 rings (SSSR count). The van der Waals surface area contributed by atoms with Gasteiger partial charge in [-0.05, 0) is 71.4 Å². The minimum absolute atomic E-state index is 0. The molecule has 0 aromatic heterocycles. The van der Waals surface area contributed by atoms with Crippen LogP contribution in [0.5, 0.6) is 0 Å². The lowest BCUT2D eigenvalue weighted by molar-refractivity contribution is -0.0417. The molecule has 8 nitrogen and oxygen atoms in total. The Morgan fingerprint density at radius 1 is 0.689 bits per heavy atom. The molecule has 0 unspecified atom stereocenters. The third kappa shape index (κ3) is 11.6. The van der Waals surface area contributed by atoms with Crippen LogP contribution in [-0.2, 0) is 14.2 Å². The number of benzene rings is 2. The quantitative estimate of drug-likeness (QED) is 0.366. The van der Waals surface area contributed by atoms with E-state index in [1.165, 1.54) is 0 Å². The highest BCUT2D eigenvalue weighted by atomic mass is 16.6. The average molecular weight is 629 g/mol. The summed E-state index contributed by atoms with van der Waals surface area (Å²) in [4.78, 5) is 28.7. The van der Waals surface area contributed by atoms with Crippen LogP contribution >= 0.6 is 0 Å². The van der Waals surface area contributed by atoms with Crippen molar-refractivity contribution in [2.75, 3.05) is 20.2 Å². The summed E-state index contributed by atoms with van der Waals surface area (Å²) in [5.41, 5.74) is 1.16. The minimum atomic E-state index is -0.516. The molecule has 0 saturated carbocycles. The molecule has 8 heteroatoms. The monoisotopic (exact) mass is 628 g/mol. The largest absolute Gasteiger partial charge is 0.444 e. The number of hydrogen-bond acceptors (Lipinski definition) is 6. The summed E-state index contributed by atoms with van der Waals surface area (Å²) in [6.45, 7) is 16.5. The van der Waals surface area contributed by atoms with E-state index in [9.17, 15) is 14.7 Å². The molecule has 2 heterocycles. The Morgan fingerprint density at radius 2 is 1.07 bits per heavy atom. The molecule has 0 radical (unpaired) electrons. The van der Waals surface area contributed by atoms with E-state index in [2.05, 4.69) is 19.1 Å². The van der Waals surface area contributed by atoms with Crippen LogP contribution in [0.15, 0.2) is 60.7 Å². The number of carbonyl (C=O) groups is 2. The van der Waals surface area contributed by atoms with Crippen molar-refractivity contribution < 1.29 is 28.9 Å². The molecule has 1 N–H and O–H groups in total. The summed E-state index contributed by atoms with van der Waals surface area (Å²) in [5.74, 6) is 0.343. The second kappa shape index (κ2) is 17.0. The zero-order valence-corrected chi connectivity index (χ0v) is 27.4. The summed E-state index contributed by atoms with van der Waals surface area (Å²) >= 11 is 0. The van der Waals surface area contributed by atoms with Gasteiger partial charge >= 0.3 is 12.2 Å². The van der Waals surface area contributed by atoms with Gasteiger partial charge in [0.05, 0.1) is 24.3 Å². The molecule has 45 heavy (non-hydrogen) atoms. The highest BCUT2D eigenvalue weighted by Crippen LogP contribution is 2.36. The smallest absolute Gasteiger partial charge is 0.410 e. The van der Waals surface area contributed by atoms with Crippen molar-refractivity contribution in [1.82, 2.24) is 9.80 Å².